The van der Waals surface area contributed by atoms with Gasteiger partial charge < -0.3 is 9.88 Å². The van der Waals surface area contributed by atoms with E-state index in [4.69, 9.17) is 23.2 Å². The number of rotatable bonds is 4. The maximum Gasteiger partial charge on any atom is 0.255 e. The third kappa shape index (κ3) is 4.08. The van der Waals surface area contributed by atoms with Crippen LogP contribution in [0.1, 0.15) is 10.4 Å². The quantitative estimate of drug-likeness (QED) is 0.724. The summed E-state index contributed by atoms with van der Waals surface area (Å²) in [5.74, 6) is -0.270. The van der Waals surface area contributed by atoms with Crippen molar-refractivity contribution in [3.05, 3.63) is 64.4 Å². The van der Waals surface area contributed by atoms with Crippen molar-refractivity contribution in [2.24, 2.45) is 7.05 Å². The highest BCUT2D eigenvalue weighted by atomic mass is 35.5. The molecule has 5 nitrogen and oxygen atoms in total. The molecule has 1 heterocycles. The van der Waals surface area contributed by atoms with Gasteiger partial charge in [-0.15, -0.1) is 10.2 Å². The summed E-state index contributed by atoms with van der Waals surface area (Å²) in [4.78, 5) is 13.2. The Balaban J connectivity index is 1.69. The predicted octanol–water partition coefficient (Wildman–Crippen LogP) is 4.53. The average Bonchev–Trinajstić information content (AvgIpc) is 2.93. The van der Waals surface area contributed by atoms with Crippen LogP contribution in [0.2, 0.25) is 10.0 Å². The third-order valence-electron chi connectivity index (χ3n) is 3.12. The van der Waals surface area contributed by atoms with Crippen LogP contribution < -0.4 is 5.32 Å². The molecule has 1 amide bonds. The highest BCUT2D eigenvalue weighted by molar-refractivity contribution is 7.99. The first-order valence-electron chi connectivity index (χ1n) is 6.90. The summed E-state index contributed by atoms with van der Waals surface area (Å²) in [6.07, 6.45) is 1.65. The van der Waals surface area contributed by atoms with E-state index in [1.807, 2.05) is 35.9 Å². The summed E-state index contributed by atoms with van der Waals surface area (Å²) in [6.45, 7) is 0. The van der Waals surface area contributed by atoms with E-state index in [9.17, 15) is 4.79 Å². The molecule has 0 fully saturated rings. The van der Waals surface area contributed by atoms with Crippen LogP contribution in [0.25, 0.3) is 0 Å². The van der Waals surface area contributed by atoms with Crippen molar-refractivity contribution >= 4 is 46.6 Å². The van der Waals surface area contributed by atoms with Gasteiger partial charge in [-0.25, -0.2) is 0 Å². The number of aromatic nitrogens is 3. The summed E-state index contributed by atoms with van der Waals surface area (Å²) in [6, 6.07) is 12.2. The van der Waals surface area contributed by atoms with Gasteiger partial charge in [0.25, 0.3) is 5.91 Å². The molecule has 0 bridgehead atoms. The second-order valence-electron chi connectivity index (χ2n) is 4.96. The molecule has 0 spiro atoms. The number of halogens is 2. The molecule has 0 aliphatic heterocycles. The Bertz CT molecular complexity index is 860. The van der Waals surface area contributed by atoms with Crippen LogP contribution in [0.15, 0.2) is 58.8 Å². The molecule has 122 valence electrons. The largest absolute Gasteiger partial charge is 0.322 e. The second-order valence-corrected chi connectivity index (χ2v) is 6.88. The zero-order valence-electron chi connectivity index (χ0n) is 12.5. The van der Waals surface area contributed by atoms with E-state index < -0.39 is 0 Å². The Hall–Kier alpha value is -2.02. The molecular formula is C16H12Cl2N4OS. The normalized spacial score (nSPS) is 10.6. The van der Waals surface area contributed by atoms with E-state index in [1.165, 1.54) is 11.8 Å². The van der Waals surface area contributed by atoms with Crippen LogP contribution >= 0.6 is 35.0 Å². The smallest absolute Gasteiger partial charge is 0.255 e. The minimum atomic E-state index is -0.270. The summed E-state index contributed by atoms with van der Waals surface area (Å²) >= 11 is 13.3. The van der Waals surface area contributed by atoms with Crippen LogP contribution in [0.4, 0.5) is 5.69 Å². The Labute approximate surface area is 153 Å². The number of hydrogen-bond donors (Lipinski definition) is 1. The number of benzene rings is 2. The van der Waals surface area contributed by atoms with Crippen LogP contribution in [-0.4, -0.2) is 20.7 Å². The number of carbonyl (C=O) groups excluding carboxylic acids is 1. The molecule has 2 aromatic carbocycles. The van der Waals surface area contributed by atoms with Gasteiger partial charge >= 0.3 is 0 Å². The van der Waals surface area contributed by atoms with E-state index in [-0.39, 0.29) is 5.91 Å². The van der Waals surface area contributed by atoms with Gasteiger partial charge in [0, 0.05) is 33.2 Å². The van der Waals surface area contributed by atoms with Crippen LogP contribution in [0.3, 0.4) is 0 Å². The summed E-state index contributed by atoms with van der Waals surface area (Å²) < 4.78 is 1.84. The Morgan fingerprint density at radius 2 is 1.79 bits per heavy atom. The predicted molar refractivity (Wildman–Crippen MR) is 96.0 cm³/mol. The molecule has 1 aromatic heterocycles. The van der Waals surface area contributed by atoms with Gasteiger partial charge in [0.1, 0.15) is 6.33 Å². The van der Waals surface area contributed by atoms with Gasteiger partial charge in [-0.05, 0) is 54.2 Å². The maximum atomic E-state index is 12.2. The number of nitrogens with one attached hydrogen (secondary N) is 1. The van der Waals surface area contributed by atoms with Crippen molar-refractivity contribution in [2.45, 2.75) is 10.1 Å². The number of nitrogens with zero attached hydrogens (tertiary/aromatic N) is 3. The van der Waals surface area contributed by atoms with Gasteiger partial charge in [0.05, 0.1) is 0 Å². The van der Waals surface area contributed by atoms with Crippen LogP contribution in [0, 0.1) is 0 Å². The van der Waals surface area contributed by atoms with Crippen molar-refractivity contribution < 1.29 is 4.79 Å². The van der Waals surface area contributed by atoms with Gasteiger partial charge in [-0.3, -0.25) is 4.79 Å². The lowest BCUT2D eigenvalue weighted by Gasteiger charge is -2.07. The molecule has 0 aliphatic carbocycles. The zero-order valence-corrected chi connectivity index (χ0v) is 14.9. The molecule has 0 saturated heterocycles. The van der Waals surface area contributed by atoms with Gasteiger partial charge in [0.15, 0.2) is 5.16 Å². The minimum Gasteiger partial charge on any atom is -0.322 e. The van der Waals surface area contributed by atoms with E-state index in [2.05, 4.69) is 15.5 Å². The molecule has 0 saturated carbocycles. The topological polar surface area (TPSA) is 59.8 Å². The van der Waals surface area contributed by atoms with Crippen molar-refractivity contribution in [3.63, 3.8) is 0 Å². The first-order chi connectivity index (χ1) is 11.5. The van der Waals surface area contributed by atoms with E-state index in [0.29, 0.717) is 21.3 Å². The van der Waals surface area contributed by atoms with Crippen molar-refractivity contribution in [1.29, 1.82) is 0 Å². The molecule has 24 heavy (non-hydrogen) atoms. The van der Waals surface area contributed by atoms with Crippen molar-refractivity contribution in [1.82, 2.24) is 14.8 Å². The second kappa shape index (κ2) is 7.25. The fraction of sp³-hybridized carbons (Fsp3) is 0.0625. The molecule has 0 unspecified atom stereocenters. The number of aryl methyl sites for hydroxylation is 1. The molecule has 0 atom stereocenters. The monoisotopic (exact) mass is 378 g/mol. The molecule has 0 aliphatic rings. The molecule has 0 radical (unpaired) electrons. The highest BCUT2D eigenvalue weighted by Crippen LogP contribution is 2.26. The number of anilines is 1. The lowest BCUT2D eigenvalue weighted by Crippen LogP contribution is -2.11. The molecule has 8 heteroatoms. The standard InChI is InChI=1S/C16H12Cl2N4OS/c1-22-9-19-21-16(22)24-14-4-2-13(3-5-14)20-15(23)10-6-11(17)8-12(18)7-10/h2-9H,1H3,(H,20,23). The van der Waals surface area contributed by atoms with E-state index in [0.717, 1.165) is 10.1 Å². The van der Waals surface area contributed by atoms with Crippen LogP contribution in [-0.2, 0) is 7.05 Å². The van der Waals surface area contributed by atoms with Gasteiger partial charge in [0.2, 0.25) is 0 Å². The average molecular weight is 379 g/mol. The minimum absolute atomic E-state index is 0.270. The zero-order chi connectivity index (χ0) is 17.1. The van der Waals surface area contributed by atoms with Gasteiger partial charge in [-0.1, -0.05) is 23.2 Å². The first-order valence-corrected chi connectivity index (χ1v) is 8.48. The summed E-state index contributed by atoms with van der Waals surface area (Å²) in [5, 5.41) is 12.3. The van der Waals surface area contributed by atoms with Crippen LogP contribution in [0.5, 0.6) is 0 Å². The molecule has 1 N–H and O–H groups in total. The lowest BCUT2D eigenvalue weighted by atomic mass is 10.2. The number of hydrogen-bond acceptors (Lipinski definition) is 4. The van der Waals surface area contributed by atoms with E-state index >= 15 is 0 Å². The molecule has 3 rings (SSSR count). The Kier molecular flexibility index (Phi) is 5.08. The van der Waals surface area contributed by atoms with E-state index in [1.54, 1.807) is 24.5 Å². The fourth-order valence-electron chi connectivity index (χ4n) is 1.96. The van der Waals surface area contributed by atoms with Gasteiger partial charge in [-0.2, -0.15) is 0 Å². The molecular weight excluding hydrogens is 367 g/mol. The fourth-order valence-corrected chi connectivity index (χ4v) is 3.25. The SMILES string of the molecule is Cn1cnnc1Sc1ccc(NC(=O)c2cc(Cl)cc(Cl)c2)cc1. The van der Waals surface area contributed by atoms with Crippen molar-refractivity contribution in [3.8, 4) is 0 Å². The third-order valence-corrected chi connectivity index (χ3v) is 4.61. The Morgan fingerprint density at radius 1 is 1.12 bits per heavy atom. The first kappa shape index (κ1) is 16.8. The summed E-state index contributed by atoms with van der Waals surface area (Å²) in [7, 11) is 1.88. The number of amides is 1. The highest BCUT2D eigenvalue weighted by Gasteiger charge is 2.09. The molecule has 3 aromatic rings. The maximum absolute atomic E-state index is 12.2. The number of carbonyl (C=O) groups is 1. The summed E-state index contributed by atoms with van der Waals surface area (Å²) in [5.41, 5.74) is 1.09. The van der Waals surface area contributed by atoms with Crippen molar-refractivity contribution in [2.75, 3.05) is 5.32 Å². The Morgan fingerprint density at radius 3 is 2.38 bits per heavy atom. The lowest BCUT2D eigenvalue weighted by molar-refractivity contribution is 0.102.